The van der Waals surface area contributed by atoms with Gasteiger partial charge in [-0.25, -0.2) is 0 Å². The molecule has 0 aromatic heterocycles. The van der Waals surface area contributed by atoms with E-state index in [2.05, 4.69) is 37.2 Å². The van der Waals surface area contributed by atoms with Crippen LogP contribution in [0, 0.1) is 13.8 Å². The lowest BCUT2D eigenvalue weighted by Gasteiger charge is -2.35. The molecule has 0 spiro atoms. The molecule has 134 valence electrons. The molecule has 0 aliphatic carbocycles. The van der Waals surface area contributed by atoms with Crippen LogP contribution in [0.3, 0.4) is 0 Å². The Balaban J connectivity index is 1.57. The van der Waals surface area contributed by atoms with Gasteiger partial charge in [0.1, 0.15) is 0 Å². The van der Waals surface area contributed by atoms with Crippen LogP contribution >= 0.6 is 0 Å². The third kappa shape index (κ3) is 4.00. The molecule has 6 heteroatoms. The molecule has 1 unspecified atom stereocenters. The zero-order valence-electron chi connectivity index (χ0n) is 15.1. The second kappa shape index (κ2) is 7.25. The van der Waals surface area contributed by atoms with Gasteiger partial charge in [0.15, 0.2) is 0 Å². The van der Waals surface area contributed by atoms with Crippen LogP contribution in [0.1, 0.15) is 36.5 Å². The lowest BCUT2D eigenvalue weighted by atomic mass is 10.1. The zero-order valence-corrected chi connectivity index (χ0v) is 15.1. The second-order valence-electron chi connectivity index (χ2n) is 6.88. The highest BCUT2D eigenvalue weighted by atomic mass is 16.6. The van der Waals surface area contributed by atoms with Crippen LogP contribution in [-0.2, 0) is 21.0 Å². The predicted molar refractivity (Wildman–Crippen MR) is 95.1 cm³/mol. The van der Waals surface area contributed by atoms with E-state index in [1.54, 1.807) is 4.90 Å². The minimum atomic E-state index is -0.561. The normalized spacial score (nSPS) is 20.5. The minimum absolute atomic E-state index is 0.0200. The Hall–Kier alpha value is -2.37. The number of oxime groups is 1. The van der Waals surface area contributed by atoms with E-state index in [1.807, 2.05) is 11.8 Å². The van der Waals surface area contributed by atoms with Crippen molar-refractivity contribution in [2.75, 3.05) is 19.6 Å². The molecule has 0 saturated carbocycles. The highest BCUT2D eigenvalue weighted by molar-refractivity contribution is 5.94. The number of rotatable bonds is 4. The maximum Gasteiger partial charge on any atom is 0.267 e. The molecule has 2 aliphatic rings. The molecule has 1 aromatic carbocycles. The van der Waals surface area contributed by atoms with Gasteiger partial charge in [-0.15, -0.1) is 0 Å². The molecule has 3 rings (SSSR count). The van der Waals surface area contributed by atoms with Crippen molar-refractivity contribution in [1.82, 2.24) is 9.80 Å². The first-order chi connectivity index (χ1) is 12.0. The van der Waals surface area contributed by atoms with E-state index in [9.17, 15) is 9.59 Å². The highest BCUT2D eigenvalue weighted by Gasteiger charge is 2.35. The fourth-order valence-electron chi connectivity index (χ4n) is 3.42. The van der Waals surface area contributed by atoms with Crippen molar-refractivity contribution in [3.05, 3.63) is 34.9 Å². The summed E-state index contributed by atoms with van der Waals surface area (Å²) in [5, 5.41) is 3.93. The zero-order chi connectivity index (χ0) is 18.0. The first kappa shape index (κ1) is 17.5. The van der Waals surface area contributed by atoms with Crippen molar-refractivity contribution in [3.8, 4) is 0 Å². The summed E-state index contributed by atoms with van der Waals surface area (Å²) in [5.74, 6) is -0.153. The molecular weight excluding hydrogens is 318 g/mol. The highest BCUT2D eigenvalue weighted by Crippen LogP contribution is 2.18. The lowest BCUT2D eigenvalue weighted by Crippen LogP contribution is -2.54. The molecule has 6 nitrogen and oxygen atoms in total. The monoisotopic (exact) mass is 343 g/mol. The molecule has 25 heavy (non-hydrogen) atoms. The fourth-order valence-corrected chi connectivity index (χ4v) is 3.42. The quantitative estimate of drug-likeness (QED) is 0.840. The van der Waals surface area contributed by atoms with Gasteiger partial charge < -0.3 is 14.6 Å². The van der Waals surface area contributed by atoms with Crippen LogP contribution < -0.4 is 0 Å². The first-order valence-electron chi connectivity index (χ1n) is 8.81. The van der Waals surface area contributed by atoms with Gasteiger partial charge in [0, 0.05) is 26.1 Å². The average Bonchev–Trinajstić information content (AvgIpc) is 3.04. The summed E-state index contributed by atoms with van der Waals surface area (Å²) in [6.07, 6.45) is 0.757. The number of nitrogens with zero attached hydrogens (tertiary/aromatic N) is 3. The third-order valence-corrected chi connectivity index (χ3v) is 4.70. The van der Waals surface area contributed by atoms with Gasteiger partial charge in [-0.2, -0.15) is 0 Å². The fraction of sp³-hybridized carbons (Fsp3) is 0.526. The van der Waals surface area contributed by atoms with Crippen LogP contribution in [0.4, 0.5) is 0 Å². The molecule has 1 aromatic rings. The largest absolute Gasteiger partial charge is 0.382 e. The van der Waals surface area contributed by atoms with Crippen molar-refractivity contribution in [2.24, 2.45) is 5.16 Å². The smallest absolute Gasteiger partial charge is 0.267 e. The van der Waals surface area contributed by atoms with Crippen molar-refractivity contribution in [1.29, 1.82) is 0 Å². The van der Waals surface area contributed by atoms with Gasteiger partial charge in [0.05, 0.1) is 12.3 Å². The number of benzene rings is 1. The van der Waals surface area contributed by atoms with E-state index in [0.29, 0.717) is 26.1 Å². The minimum Gasteiger partial charge on any atom is -0.382 e. The SMILES string of the molecule is CCC1=NOC(C(=O)N2CCN(Cc3cc(C)cc(C)c3)C(=O)C2)C1. The Morgan fingerprint density at radius 1 is 1.24 bits per heavy atom. The summed E-state index contributed by atoms with van der Waals surface area (Å²) < 4.78 is 0. The maximum absolute atomic E-state index is 12.5. The van der Waals surface area contributed by atoms with E-state index < -0.39 is 6.10 Å². The van der Waals surface area contributed by atoms with E-state index in [1.165, 1.54) is 11.1 Å². The van der Waals surface area contributed by atoms with Crippen molar-refractivity contribution >= 4 is 17.5 Å². The summed E-state index contributed by atoms with van der Waals surface area (Å²) in [4.78, 5) is 33.6. The molecule has 0 bridgehead atoms. The van der Waals surface area contributed by atoms with Crippen LogP contribution in [0.5, 0.6) is 0 Å². The number of hydrogen-bond donors (Lipinski definition) is 0. The molecule has 2 amide bonds. The number of carbonyl (C=O) groups is 2. The summed E-state index contributed by atoms with van der Waals surface area (Å²) in [6, 6.07) is 6.33. The Morgan fingerprint density at radius 3 is 2.56 bits per heavy atom. The average molecular weight is 343 g/mol. The second-order valence-corrected chi connectivity index (χ2v) is 6.88. The Morgan fingerprint density at radius 2 is 1.96 bits per heavy atom. The number of carbonyl (C=O) groups excluding carboxylic acids is 2. The number of hydrogen-bond acceptors (Lipinski definition) is 4. The van der Waals surface area contributed by atoms with Gasteiger partial charge in [-0.3, -0.25) is 9.59 Å². The maximum atomic E-state index is 12.5. The molecule has 1 atom stereocenters. The molecule has 0 radical (unpaired) electrons. The van der Waals surface area contributed by atoms with Crippen LogP contribution in [0.2, 0.25) is 0 Å². The first-order valence-corrected chi connectivity index (χ1v) is 8.81. The van der Waals surface area contributed by atoms with Gasteiger partial charge in [-0.05, 0) is 25.8 Å². The topological polar surface area (TPSA) is 62.2 Å². The van der Waals surface area contributed by atoms with Gasteiger partial charge in [-0.1, -0.05) is 41.4 Å². The number of amides is 2. The molecule has 2 aliphatic heterocycles. The Bertz CT molecular complexity index is 694. The summed E-state index contributed by atoms with van der Waals surface area (Å²) in [7, 11) is 0. The van der Waals surface area contributed by atoms with E-state index in [4.69, 9.17) is 4.84 Å². The summed E-state index contributed by atoms with van der Waals surface area (Å²) in [6.45, 7) is 7.90. The Kier molecular flexibility index (Phi) is 5.06. The van der Waals surface area contributed by atoms with Crippen LogP contribution in [-0.4, -0.2) is 53.1 Å². The van der Waals surface area contributed by atoms with Crippen LogP contribution in [0.15, 0.2) is 23.4 Å². The molecule has 1 saturated heterocycles. The van der Waals surface area contributed by atoms with Crippen molar-refractivity contribution < 1.29 is 14.4 Å². The summed E-state index contributed by atoms with van der Waals surface area (Å²) in [5.41, 5.74) is 4.42. The molecular formula is C19H25N3O3. The van der Waals surface area contributed by atoms with E-state index in [-0.39, 0.29) is 18.4 Å². The van der Waals surface area contributed by atoms with Crippen LogP contribution in [0.25, 0.3) is 0 Å². The van der Waals surface area contributed by atoms with E-state index in [0.717, 1.165) is 17.7 Å². The van der Waals surface area contributed by atoms with Gasteiger partial charge in [0.25, 0.3) is 5.91 Å². The summed E-state index contributed by atoms with van der Waals surface area (Å²) >= 11 is 0. The lowest BCUT2D eigenvalue weighted by molar-refractivity contribution is -0.151. The van der Waals surface area contributed by atoms with Crippen molar-refractivity contribution in [2.45, 2.75) is 46.3 Å². The van der Waals surface area contributed by atoms with Gasteiger partial charge >= 0.3 is 0 Å². The predicted octanol–water partition coefficient (Wildman–Crippen LogP) is 2.03. The number of aryl methyl sites for hydroxylation is 2. The third-order valence-electron chi connectivity index (χ3n) is 4.70. The van der Waals surface area contributed by atoms with Gasteiger partial charge in [0.2, 0.25) is 12.0 Å². The standard InChI is InChI=1S/C19H25N3O3/c1-4-16-10-17(25-20-16)19(24)22-6-5-21(18(23)12-22)11-15-8-13(2)7-14(3)9-15/h7-9,17H,4-6,10-12H2,1-3H3. The molecule has 0 N–H and O–H groups in total. The van der Waals surface area contributed by atoms with Crippen molar-refractivity contribution in [3.63, 3.8) is 0 Å². The molecule has 2 heterocycles. The number of piperazine rings is 1. The van der Waals surface area contributed by atoms with E-state index >= 15 is 0 Å². The molecule has 1 fully saturated rings. The Labute approximate surface area is 148 Å².